The number of amides is 5. The summed E-state index contributed by atoms with van der Waals surface area (Å²) in [6.45, 7) is 6.04. The molecule has 3 unspecified atom stereocenters. The molecule has 3 saturated heterocycles. The number of rotatable bonds is 12. The number of ether oxygens (including phenoxy) is 3. The average molecular weight is 1450 g/mol. The van der Waals surface area contributed by atoms with Gasteiger partial charge in [-0.2, -0.15) is 15.8 Å². The molecule has 6 aromatic carbocycles. The number of hydrogen-bond donors (Lipinski definition) is 1. The highest BCUT2D eigenvalue weighted by molar-refractivity contribution is 6.34. The number of piperidine rings is 3. The molecule has 6 aliphatic heterocycles. The van der Waals surface area contributed by atoms with Crippen molar-refractivity contribution in [1.29, 1.82) is 15.8 Å². The first-order valence-corrected chi connectivity index (χ1v) is 34.8. The molecular weight excluding hydrogens is 1370 g/mol. The van der Waals surface area contributed by atoms with Crippen LogP contribution in [0, 0.1) is 67.7 Å². The van der Waals surface area contributed by atoms with Gasteiger partial charge in [0.1, 0.15) is 34.7 Å². The van der Waals surface area contributed by atoms with Gasteiger partial charge in [-0.05, 0) is 129 Å². The molecule has 6 aliphatic rings. The van der Waals surface area contributed by atoms with Crippen molar-refractivity contribution >= 4 is 98.5 Å². The van der Waals surface area contributed by atoms with Crippen molar-refractivity contribution in [2.75, 3.05) is 131 Å². The lowest BCUT2D eigenvalue weighted by molar-refractivity contribution is -0.141. The van der Waals surface area contributed by atoms with Crippen molar-refractivity contribution in [3.8, 4) is 35.5 Å². The van der Waals surface area contributed by atoms with Gasteiger partial charge in [0.05, 0.1) is 103 Å². The number of carbonyl (C=O) groups is 5. The average Bonchev–Trinajstić information content (AvgIpc) is 0.779. The minimum atomic E-state index is -0.853. The second-order valence-corrected chi connectivity index (χ2v) is 28.8. The Balaban J connectivity index is 0.000000165. The van der Waals surface area contributed by atoms with Crippen LogP contribution < -0.4 is 44.0 Å². The van der Waals surface area contributed by atoms with Crippen molar-refractivity contribution in [3.05, 3.63) is 158 Å². The van der Waals surface area contributed by atoms with Gasteiger partial charge in [-0.3, -0.25) is 24.0 Å². The fourth-order valence-corrected chi connectivity index (χ4v) is 14.8. The van der Waals surface area contributed by atoms with E-state index in [2.05, 4.69) is 23.5 Å². The number of hydrogen-bond acceptors (Lipinski definition) is 15. The van der Waals surface area contributed by atoms with Gasteiger partial charge in [-0.1, -0.05) is 71.2 Å². The second-order valence-electron chi connectivity index (χ2n) is 27.5. The zero-order chi connectivity index (χ0) is 73.5. The number of halogens is 6. The molecule has 3 fully saturated rings. The molecule has 0 aromatic heterocycles. The Hall–Kier alpha value is -9.60. The van der Waals surface area contributed by atoms with E-state index < -0.39 is 34.6 Å². The van der Waals surface area contributed by atoms with Crippen molar-refractivity contribution in [2.45, 2.75) is 89.9 Å². The fraction of sp³-hybridized carbons (Fsp3) is 0.421. The molecule has 6 heterocycles. The summed E-state index contributed by atoms with van der Waals surface area (Å²) in [5, 5.41) is 34.5. The third kappa shape index (κ3) is 17.1. The van der Waals surface area contributed by atoms with Crippen molar-refractivity contribution in [3.63, 3.8) is 0 Å². The Kier molecular flexibility index (Phi) is 23.4. The number of carbonyl (C=O) groups excluding carboxylic acids is 5. The number of likely N-dealkylation sites (tertiary alicyclic amines) is 3. The van der Waals surface area contributed by atoms with Crippen molar-refractivity contribution in [1.82, 2.24) is 14.7 Å². The maximum absolute atomic E-state index is 13.4. The Morgan fingerprint density at radius 3 is 1.04 bits per heavy atom. The zero-order valence-corrected chi connectivity index (χ0v) is 60.6. The van der Waals surface area contributed by atoms with E-state index in [-0.39, 0.29) is 60.1 Å². The Morgan fingerprint density at radius 2 is 0.745 bits per heavy atom. The topological polar surface area (TPSA) is 222 Å². The summed E-state index contributed by atoms with van der Waals surface area (Å²) in [5.41, 5.74) is 5.05. The predicted molar refractivity (Wildman–Crippen MR) is 387 cm³/mol. The highest BCUT2D eigenvalue weighted by Gasteiger charge is 2.44. The molecule has 12 rings (SSSR count). The monoisotopic (exact) mass is 1450 g/mol. The Bertz CT molecular complexity index is 4050. The predicted octanol–water partition coefficient (Wildman–Crippen LogP) is 12.2. The molecule has 102 heavy (non-hydrogen) atoms. The number of nitrogens with one attached hydrogen (secondary N) is 1. The summed E-state index contributed by atoms with van der Waals surface area (Å²) in [6, 6.07) is 36.5. The van der Waals surface area contributed by atoms with Gasteiger partial charge >= 0.3 is 0 Å². The van der Waals surface area contributed by atoms with Crippen molar-refractivity contribution in [2.24, 2.45) is 16.2 Å². The molecule has 20 nitrogen and oxygen atoms in total. The van der Waals surface area contributed by atoms with Gasteiger partial charge in [-0.15, -0.1) is 0 Å². The highest BCUT2D eigenvalue weighted by atomic mass is 35.5. The maximum Gasteiger partial charge on any atom is 0.265 e. The van der Waals surface area contributed by atoms with Crippen LogP contribution >= 0.6 is 34.8 Å². The molecule has 536 valence electrons. The largest absolute Gasteiger partial charge is 0.476 e. The van der Waals surface area contributed by atoms with Gasteiger partial charge in [0, 0.05) is 114 Å². The molecule has 0 aliphatic carbocycles. The maximum atomic E-state index is 13.4. The standard InChI is InChI=1S/2C26H28ClFN4O3.C24H26ClFN4O2/c2*1-17(33)32-15-24(35-23-13-21(30(2)3)20(27)12-22(23)32)25(34)31-10-8-26(16-29,9-11-31)14-18-4-6-19(28)7-5-18;1-29(2)20-12-21-19(11-18(20)25)28-14-22(32-21)23(31)30-9-7-24(15-27,8-10-30)13-16-3-5-17(26)6-4-16/h2*4-7,12-13,24H,8-11,14-15H2,1-3H3;3-6,11-12,22,28H,7-10,13-14H2,1-2H3. The van der Waals surface area contributed by atoms with Gasteiger partial charge < -0.3 is 58.7 Å². The Morgan fingerprint density at radius 1 is 0.461 bits per heavy atom. The van der Waals surface area contributed by atoms with Crippen LogP contribution in [0.5, 0.6) is 17.2 Å². The summed E-state index contributed by atoms with van der Waals surface area (Å²) in [4.78, 5) is 78.5. The minimum absolute atomic E-state index is 0.0853. The van der Waals surface area contributed by atoms with Gasteiger partial charge in [0.15, 0.2) is 18.3 Å². The van der Waals surface area contributed by atoms with Crippen LogP contribution in [-0.2, 0) is 43.2 Å². The van der Waals surface area contributed by atoms with E-state index in [0.29, 0.717) is 147 Å². The summed E-state index contributed by atoms with van der Waals surface area (Å²) in [5.74, 6) is -0.376. The van der Waals surface area contributed by atoms with E-state index in [0.717, 1.165) is 39.4 Å². The minimum Gasteiger partial charge on any atom is -0.476 e. The quantitative estimate of drug-likeness (QED) is 0.120. The first-order valence-electron chi connectivity index (χ1n) is 33.7. The molecule has 0 saturated carbocycles. The lowest BCUT2D eigenvalue weighted by Crippen LogP contribution is -2.54. The summed E-state index contributed by atoms with van der Waals surface area (Å²) in [6.07, 6.45) is 2.39. The summed E-state index contributed by atoms with van der Waals surface area (Å²) < 4.78 is 57.9. The van der Waals surface area contributed by atoms with Crippen LogP contribution in [-0.4, -0.2) is 164 Å². The second kappa shape index (κ2) is 31.7. The first-order chi connectivity index (χ1) is 48.5. The number of nitrogens with zero attached hydrogens (tertiary/aromatic N) is 11. The molecule has 1 N–H and O–H groups in total. The molecule has 3 atom stereocenters. The molecule has 26 heteroatoms. The Labute approximate surface area is 608 Å². The molecule has 5 amide bonds. The SMILES string of the molecule is CC(=O)N1CC(C(=O)N2CCC(C#N)(Cc3ccc(F)cc3)CC2)Oc2cc(N(C)C)c(Cl)cc21.CC(=O)N1CC(C(=O)N2CCC(C#N)(Cc3ccc(F)cc3)CC2)Oc2cc(N(C)C)c(Cl)cc21.CN(C)c1cc2c(cc1Cl)NCC(C(=O)N1CCC(C#N)(Cc3ccc(F)cc3)CC1)O2. The molecule has 0 spiro atoms. The van der Waals surface area contributed by atoms with E-state index in [1.807, 2.05) is 69.1 Å². The van der Waals surface area contributed by atoms with Crippen molar-refractivity contribution < 1.29 is 51.4 Å². The van der Waals surface area contributed by atoms with Gasteiger partial charge in [-0.25, -0.2) is 13.2 Å². The van der Waals surface area contributed by atoms with E-state index >= 15 is 0 Å². The molecule has 0 radical (unpaired) electrons. The normalized spacial score (nSPS) is 18.9. The molecular formula is C76H82Cl3F3N12O8. The van der Waals surface area contributed by atoms with E-state index in [1.165, 1.54) is 60.0 Å². The van der Waals surface area contributed by atoms with E-state index in [9.17, 15) is 52.9 Å². The van der Waals surface area contributed by atoms with E-state index in [4.69, 9.17) is 49.0 Å². The number of fused-ring (bicyclic) bond motifs is 3. The van der Waals surface area contributed by atoms with Crippen LogP contribution in [0.15, 0.2) is 109 Å². The van der Waals surface area contributed by atoms with Crippen LogP contribution in [0.2, 0.25) is 15.1 Å². The fourth-order valence-electron chi connectivity index (χ4n) is 13.8. The van der Waals surface area contributed by atoms with Crippen LogP contribution in [0.25, 0.3) is 0 Å². The molecule has 0 bridgehead atoms. The van der Waals surface area contributed by atoms with Gasteiger partial charge in [0.25, 0.3) is 17.7 Å². The highest BCUT2D eigenvalue weighted by Crippen LogP contribution is 2.46. The van der Waals surface area contributed by atoms with Crippen LogP contribution in [0.1, 0.15) is 69.1 Å². The first kappa shape index (κ1) is 75.1. The number of benzene rings is 6. The van der Waals surface area contributed by atoms with Crippen LogP contribution in [0.4, 0.5) is 47.3 Å². The summed E-state index contributed by atoms with van der Waals surface area (Å²) >= 11 is 19.1. The number of anilines is 6. The lowest BCUT2D eigenvalue weighted by atomic mass is 9.75. The number of nitriles is 3. The smallest absolute Gasteiger partial charge is 0.265 e. The summed E-state index contributed by atoms with van der Waals surface area (Å²) in [7, 11) is 11.2. The lowest BCUT2D eigenvalue weighted by Gasteiger charge is -2.41. The van der Waals surface area contributed by atoms with Crippen LogP contribution in [0.3, 0.4) is 0 Å². The molecule has 6 aromatic rings. The van der Waals surface area contributed by atoms with Gasteiger partial charge in [0.2, 0.25) is 11.8 Å². The third-order valence-corrected chi connectivity index (χ3v) is 20.8. The van der Waals surface area contributed by atoms with E-state index in [1.54, 1.807) is 75.4 Å². The zero-order valence-electron chi connectivity index (χ0n) is 58.3. The third-order valence-electron chi connectivity index (χ3n) is 19.9.